The van der Waals surface area contributed by atoms with Crippen LogP contribution in [0.1, 0.15) is 30.0 Å². The van der Waals surface area contributed by atoms with E-state index in [1.54, 1.807) is 22.6 Å². The van der Waals surface area contributed by atoms with Crippen LogP contribution in [-0.4, -0.2) is 31.3 Å². The van der Waals surface area contributed by atoms with Crippen molar-refractivity contribution < 1.29 is 8.42 Å². The van der Waals surface area contributed by atoms with Crippen LogP contribution in [0.25, 0.3) is 0 Å². The fourth-order valence-electron chi connectivity index (χ4n) is 2.96. The third kappa shape index (κ3) is 3.09. The zero-order chi connectivity index (χ0) is 16.4. The van der Waals surface area contributed by atoms with Gasteiger partial charge in [0.2, 0.25) is 10.0 Å². The van der Waals surface area contributed by atoms with Gasteiger partial charge in [-0.2, -0.15) is 4.31 Å². The molecule has 1 N–H and O–H groups in total. The molecule has 2 aromatic rings. The lowest BCUT2D eigenvalue weighted by Gasteiger charge is -2.24. The molecule has 1 aromatic carbocycles. The van der Waals surface area contributed by atoms with E-state index < -0.39 is 10.0 Å². The summed E-state index contributed by atoms with van der Waals surface area (Å²) in [5, 5.41) is 2.97. The monoisotopic (exact) mass is 331 g/mol. The zero-order valence-corrected chi connectivity index (χ0v) is 14.2. The first-order chi connectivity index (χ1) is 11.0. The summed E-state index contributed by atoms with van der Waals surface area (Å²) in [6.07, 6.45) is 3.45. The van der Waals surface area contributed by atoms with Crippen molar-refractivity contribution in [3.63, 3.8) is 0 Å². The van der Waals surface area contributed by atoms with Gasteiger partial charge in [-0.3, -0.25) is 0 Å². The van der Waals surface area contributed by atoms with Crippen molar-refractivity contribution in [3.8, 4) is 0 Å². The van der Waals surface area contributed by atoms with Gasteiger partial charge in [-0.05, 0) is 43.5 Å². The summed E-state index contributed by atoms with van der Waals surface area (Å²) in [6, 6.07) is 10.7. The maximum absolute atomic E-state index is 12.9. The number of hydrogen-bond acceptors (Lipinski definition) is 4. The summed E-state index contributed by atoms with van der Waals surface area (Å²) < 4.78 is 27.5. The van der Waals surface area contributed by atoms with Crippen LogP contribution in [0.3, 0.4) is 0 Å². The highest BCUT2D eigenvalue weighted by Crippen LogP contribution is 2.36. The number of nitrogens with one attached hydrogen (secondary N) is 1. The average molecular weight is 331 g/mol. The number of rotatable bonds is 4. The molecule has 1 aromatic heterocycles. The molecule has 0 aliphatic carbocycles. The summed E-state index contributed by atoms with van der Waals surface area (Å²) in [7, 11) is -1.67. The third-order valence-corrected chi connectivity index (χ3v) is 6.18. The lowest BCUT2D eigenvalue weighted by atomic mass is 10.1. The van der Waals surface area contributed by atoms with E-state index in [4.69, 9.17) is 0 Å². The summed E-state index contributed by atoms with van der Waals surface area (Å²) in [5.41, 5.74) is 1.99. The first-order valence-electron chi connectivity index (χ1n) is 7.74. The van der Waals surface area contributed by atoms with E-state index in [0.717, 1.165) is 29.8 Å². The van der Waals surface area contributed by atoms with Crippen molar-refractivity contribution in [1.82, 2.24) is 9.29 Å². The molecule has 1 fully saturated rings. The number of hydrogen-bond donors (Lipinski definition) is 1. The van der Waals surface area contributed by atoms with Gasteiger partial charge in [0.1, 0.15) is 5.82 Å². The first kappa shape index (κ1) is 16.0. The van der Waals surface area contributed by atoms with Gasteiger partial charge in [-0.1, -0.05) is 23.8 Å². The van der Waals surface area contributed by atoms with Crippen molar-refractivity contribution in [2.75, 3.05) is 18.9 Å². The molecule has 23 heavy (non-hydrogen) atoms. The molecular formula is C17H21N3O2S. The molecule has 0 radical (unpaired) electrons. The van der Waals surface area contributed by atoms with Gasteiger partial charge in [-0.25, -0.2) is 13.4 Å². The van der Waals surface area contributed by atoms with Crippen LogP contribution in [0.15, 0.2) is 47.5 Å². The molecule has 1 aliphatic rings. The number of nitrogens with zero attached hydrogens (tertiary/aromatic N) is 2. The molecule has 122 valence electrons. The number of benzene rings is 1. The predicted octanol–water partition coefficient (Wildman–Crippen LogP) is 2.96. The number of aryl methyl sites for hydroxylation is 1. The summed E-state index contributed by atoms with van der Waals surface area (Å²) in [6.45, 7) is 2.50. The Morgan fingerprint density at radius 3 is 2.52 bits per heavy atom. The second-order valence-corrected chi connectivity index (χ2v) is 7.70. The Morgan fingerprint density at radius 2 is 1.91 bits per heavy atom. The molecule has 2 heterocycles. The van der Waals surface area contributed by atoms with Crippen molar-refractivity contribution >= 4 is 15.8 Å². The minimum Gasteiger partial charge on any atom is -0.373 e. The number of sulfonamides is 1. The maximum Gasteiger partial charge on any atom is 0.243 e. The highest BCUT2D eigenvalue weighted by Gasteiger charge is 2.36. The highest BCUT2D eigenvalue weighted by atomic mass is 32.2. The lowest BCUT2D eigenvalue weighted by molar-refractivity contribution is 0.396. The Balaban J connectivity index is 1.92. The Hall–Kier alpha value is -1.92. The predicted molar refractivity (Wildman–Crippen MR) is 90.8 cm³/mol. The van der Waals surface area contributed by atoms with Crippen molar-refractivity contribution in [2.45, 2.75) is 30.7 Å². The van der Waals surface area contributed by atoms with Gasteiger partial charge in [0, 0.05) is 19.8 Å². The van der Waals surface area contributed by atoms with E-state index in [1.165, 1.54) is 0 Å². The number of pyridine rings is 1. The van der Waals surface area contributed by atoms with E-state index in [2.05, 4.69) is 10.3 Å². The van der Waals surface area contributed by atoms with Crippen molar-refractivity contribution in [1.29, 1.82) is 0 Å². The second-order valence-electron chi connectivity index (χ2n) is 5.81. The molecular weight excluding hydrogens is 310 g/mol. The van der Waals surface area contributed by atoms with Crippen LogP contribution in [0.5, 0.6) is 0 Å². The largest absolute Gasteiger partial charge is 0.373 e. The van der Waals surface area contributed by atoms with Crippen molar-refractivity contribution in [3.05, 3.63) is 53.7 Å². The van der Waals surface area contributed by atoms with E-state index >= 15 is 0 Å². The van der Waals surface area contributed by atoms with E-state index in [0.29, 0.717) is 11.4 Å². The topological polar surface area (TPSA) is 62.3 Å². The van der Waals surface area contributed by atoms with Crippen LogP contribution in [0.4, 0.5) is 5.82 Å². The molecule has 3 rings (SSSR count). The molecule has 0 spiro atoms. The van der Waals surface area contributed by atoms with E-state index in [-0.39, 0.29) is 6.04 Å². The molecule has 1 aliphatic heterocycles. The molecule has 1 saturated heterocycles. The number of aromatic nitrogens is 1. The van der Waals surface area contributed by atoms with E-state index in [9.17, 15) is 8.42 Å². The first-order valence-corrected chi connectivity index (χ1v) is 9.18. The minimum absolute atomic E-state index is 0.139. The Morgan fingerprint density at radius 1 is 1.17 bits per heavy atom. The Labute approximate surface area is 137 Å². The Bertz CT molecular complexity index is 770. The van der Waals surface area contributed by atoms with Gasteiger partial charge in [0.05, 0.1) is 10.9 Å². The fourth-order valence-corrected chi connectivity index (χ4v) is 4.64. The van der Waals surface area contributed by atoms with E-state index in [1.807, 2.05) is 38.2 Å². The molecule has 0 amide bonds. The highest BCUT2D eigenvalue weighted by molar-refractivity contribution is 7.89. The third-order valence-electron chi connectivity index (χ3n) is 4.26. The van der Waals surface area contributed by atoms with Gasteiger partial charge < -0.3 is 5.32 Å². The maximum atomic E-state index is 12.9. The van der Waals surface area contributed by atoms with Crippen molar-refractivity contribution in [2.24, 2.45) is 0 Å². The van der Waals surface area contributed by atoms with Crippen LogP contribution >= 0.6 is 0 Å². The van der Waals surface area contributed by atoms with Crippen LogP contribution in [0, 0.1) is 6.92 Å². The van der Waals surface area contributed by atoms with Gasteiger partial charge in [0.15, 0.2) is 0 Å². The van der Waals surface area contributed by atoms with Gasteiger partial charge in [0.25, 0.3) is 0 Å². The SMILES string of the molecule is CNc1ccc(C2CCCN2S(=O)(=O)c2ccc(C)cc2)cn1. The van der Waals surface area contributed by atoms with Crippen LogP contribution in [-0.2, 0) is 10.0 Å². The molecule has 1 unspecified atom stereocenters. The Kier molecular flexibility index (Phi) is 4.37. The molecule has 1 atom stereocenters. The van der Waals surface area contributed by atoms with Gasteiger partial charge in [-0.15, -0.1) is 0 Å². The summed E-state index contributed by atoms with van der Waals surface area (Å²) in [5.74, 6) is 0.777. The molecule has 6 heteroatoms. The molecule has 0 bridgehead atoms. The van der Waals surface area contributed by atoms with Crippen LogP contribution in [0.2, 0.25) is 0 Å². The molecule has 0 saturated carbocycles. The second kappa shape index (κ2) is 6.29. The zero-order valence-electron chi connectivity index (χ0n) is 13.4. The normalized spacial score (nSPS) is 19.0. The number of anilines is 1. The molecule has 5 nitrogen and oxygen atoms in total. The lowest BCUT2D eigenvalue weighted by Crippen LogP contribution is -2.30. The fraction of sp³-hybridized carbons (Fsp3) is 0.353. The van der Waals surface area contributed by atoms with Gasteiger partial charge >= 0.3 is 0 Å². The van der Waals surface area contributed by atoms with Crippen LogP contribution < -0.4 is 5.32 Å². The summed E-state index contributed by atoms with van der Waals surface area (Å²) >= 11 is 0. The smallest absolute Gasteiger partial charge is 0.243 e. The standard InChI is InChI=1S/C17H21N3O2S/c1-13-5-8-15(9-6-13)23(21,22)20-11-3-4-16(20)14-7-10-17(18-2)19-12-14/h5-10,12,16H,3-4,11H2,1-2H3,(H,18,19). The minimum atomic E-state index is -3.48. The summed E-state index contributed by atoms with van der Waals surface area (Å²) in [4.78, 5) is 4.67. The quantitative estimate of drug-likeness (QED) is 0.935. The average Bonchev–Trinajstić information content (AvgIpc) is 3.06.